The van der Waals surface area contributed by atoms with E-state index in [1.807, 2.05) is 25.7 Å². The fraction of sp³-hybridized carbons (Fsp3) is 0.346. The van der Waals surface area contributed by atoms with Gasteiger partial charge in [-0.1, -0.05) is 52.7 Å². The number of amides is 1. The van der Waals surface area contributed by atoms with Gasteiger partial charge in [0, 0.05) is 21.9 Å². The Labute approximate surface area is 214 Å². The minimum absolute atomic E-state index is 0.177. The Morgan fingerprint density at radius 1 is 1.15 bits per heavy atom. The van der Waals surface area contributed by atoms with E-state index < -0.39 is 10.0 Å². The van der Waals surface area contributed by atoms with Gasteiger partial charge in [0.05, 0.1) is 17.5 Å². The summed E-state index contributed by atoms with van der Waals surface area (Å²) in [5.74, 6) is -0.177. The van der Waals surface area contributed by atoms with Crippen molar-refractivity contribution < 1.29 is 13.2 Å². The molecule has 0 bridgehead atoms. The van der Waals surface area contributed by atoms with E-state index in [9.17, 15) is 13.2 Å². The van der Waals surface area contributed by atoms with Crippen molar-refractivity contribution in [2.24, 2.45) is 0 Å². The Morgan fingerprint density at radius 2 is 1.82 bits per heavy atom. The van der Waals surface area contributed by atoms with Crippen LogP contribution in [0, 0.1) is 6.92 Å². The maximum atomic E-state index is 13.8. The molecule has 180 valence electrons. The van der Waals surface area contributed by atoms with E-state index in [0.717, 1.165) is 27.6 Å². The van der Waals surface area contributed by atoms with E-state index in [2.05, 4.69) is 51.6 Å². The van der Waals surface area contributed by atoms with Crippen LogP contribution in [-0.2, 0) is 21.2 Å². The lowest BCUT2D eigenvalue weighted by Gasteiger charge is -2.38. The van der Waals surface area contributed by atoms with E-state index in [0.29, 0.717) is 13.0 Å². The van der Waals surface area contributed by atoms with E-state index in [1.165, 1.54) is 9.18 Å². The number of carbonyl (C=O) groups excluding carboxylic acids is 1. The molecule has 2 unspecified atom stereocenters. The molecule has 0 N–H and O–H groups in total. The van der Waals surface area contributed by atoms with Crippen molar-refractivity contribution in [3.8, 4) is 0 Å². The van der Waals surface area contributed by atoms with Gasteiger partial charge in [0.25, 0.3) is 0 Å². The molecule has 0 saturated heterocycles. The number of carbonyl (C=O) groups is 1. The standard InChI is InChI=1S/C26H29BrN2O3S2/c1-4-19(3)29(34(31,32)22-11-9-21(27)10-12-22)17-25(30)28-15-13-24-23(14-16-33-24)26(28)20-7-5-18(2)6-8-20/h5-12,14,16,19,26H,4,13,15,17H2,1-3H3. The Kier molecular flexibility index (Phi) is 7.62. The number of fused-ring (bicyclic) bond motifs is 1. The molecule has 3 aromatic rings. The van der Waals surface area contributed by atoms with Crippen molar-refractivity contribution >= 4 is 43.2 Å². The first-order chi connectivity index (χ1) is 16.2. The average molecular weight is 562 g/mol. The third kappa shape index (κ3) is 5.00. The topological polar surface area (TPSA) is 57.7 Å². The Morgan fingerprint density at radius 3 is 2.47 bits per heavy atom. The second-order valence-corrected chi connectivity index (χ2v) is 12.5. The zero-order valence-corrected chi connectivity index (χ0v) is 22.8. The van der Waals surface area contributed by atoms with E-state index in [4.69, 9.17) is 0 Å². The molecular formula is C26H29BrN2O3S2. The van der Waals surface area contributed by atoms with Crippen molar-refractivity contribution in [2.45, 2.75) is 50.6 Å². The summed E-state index contributed by atoms with van der Waals surface area (Å²) >= 11 is 5.08. The zero-order valence-electron chi connectivity index (χ0n) is 19.6. The average Bonchev–Trinajstić information content (AvgIpc) is 3.31. The first-order valence-electron chi connectivity index (χ1n) is 11.4. The highest BCUT2D eigenvalue weighted by atomic mass is 79.9. The molecule has 5 nitrogen and oxygen atoms in total. The molecule has 1 amide bonds. The SMILES string of the molecule is CCC(C)N(CC(=O)N1CCc2sccc2C1c1ccc(C)cc1)S(=O)(=O)c1ccc(Br)cc1. The molecule has 0 spiro atoms. The van der Waals surface area contributed by atoms with Crippen molar-refractivity contribution in [2.75, 3.05) is 13.1 Å². The normalized spacial score (nSPS) is 17.0. The molecule has 1 aliphatic heterocycles. The lowest BCUT2D eigenvalue weighted by atomic mass is 9.92. The molecule has 0 fully saturated rings. The molecule has 2 heterocycles. The predicted molar refractivity (Wildman–Crippen MR) is 141 cm³/mol. The van der Waals surface area contributed by atoms with Crippen molar-refractivity contribution in [3.05, 3.63) is 86.0 Å². The van der Waals surface area contributed by atoms with Crippen LogP contribution in [0.3, 0.4) is 0 Å². The summed E-state index contributed by atoms with van der Waals surface area (Å²) < 4.78 is 29.3. The number of thiophene rings is 1. The number of halogens is 1. The highest BCUT2D eigenvalue weighted by molar-refractivity contribution is 9.10. The molecule has 2 aromatic carbocycles. The minimum Gasteiger partial charge on any atom is -0.330 e. The van der Waals surface area contributed by atoms with Crippen LogP contribution in [0.2, 0.25) is 0 Å². The van der Waals surface area contributed by atoms with Gasteiger partial charge in [-0.15, -0.1) is 11.3 Å². The van der Waals surface area contributed by atoms with Crippen LogP contribution in [0.15, 0.2) is 69.3 Å². The minimum atomic E-state index is -3.83. The van der Waals surface area contributed by atoms with Crippen LogP contribution in [-0.4, -0.2) is 42.7 Å². The number of rotatable bonds is 7. The summed E-state index contributed by atoms with van der Waals surface area (Å²) in [5, 5.41) is 2.07. The largest absolute Gasteiger partial charge is 0.330 e. The number of hydrogen-bond acceptors (Lipinski definition) is 4. The van der Waals surface area contributed by atoms with E-state index in [1.54, 1.807) is 35.6 Å². The van der Waals surface area contributed by atoms with Crippen LogP contribution >= 0.6 is 27.3 Å². The molecule has 1 aromatic heterocycles. The molecule has 4 rings (SSSR count). The van der Waals surface area contributed by atoms with E-state index in [-0.39, 0.29) is 29.4 Å². The van der Waals surface area contributed by atoms with Crippen LogP contribution < -0.4 is 0 Å². The first kappa shape index (κ1) is 25.1. The highest BCUT2D eigenvalue weighted by Gasteiger charge is 2.36. The van der Waals surface area contributed by atoms with Gasteiger partial charge < -0.3 is 4.90 Å². The van der Waals surface area contributed by atoms with Gasteiger partial charge in [0.1, 0.15) is 0 Å². The first-order valence-corrected chi connectivity index (χ1v) is 14.5. The summed E-state index contributed by atoms with van der Waals surface area (Å²) in [4.78, 5) is 17.1. The summed E-state index contributed by atoms with van der Waals surface area (Å²) in [6.45, 7) is 6.22. The number of sulfonamides is 1. The fourth-order valence-corrected chi connectivity index (χ4v) is 7.16. The molecule has 1 aliphatic rings. The summed E-state index contributed by atoms with van der Waals surface area (Å²) in [5.41, 5.74) is 3.34. The van der Waals surface area contributed by atoms with Crippen molar-refractivity contribution in [1.82, 2.24) is 9.21 Å². The second kappa shape index (κ2) is 10.3. The number of aryl methyl sites for hydroxylation is 1. The maximum absolute atomic E-state index is 13.8. The van der Waals surface area contributed by atoms with Crippen LogP contribution in [0.5, 0.6) is 0 Å². The summed E-state index contributed by atoms with van der Waals surface area (Å²) in [6.07, 6.45) is 1.39. The van der Waals surface area contributed by atoms with E-state index >= 15 is 0 Å². The quantitative estimate of drug-likeness (QED) is 0.368. The molecule has 34 heavy (non-hydrogen) atoms. The predicted octanol–water partition coefficient (Wildman–Crippen LogP) is 5.78. The van der Waals surface area contributed by atoms with Gasteiger partial charge in [0.2, 0.25) is 15.9 Å². The Hall–Kier alpha value is -2.00. The molecule has 0 aliphatic carbocycles. The van der Waals surface area contributed by atoms with Gasteiger partial charge in [-0.25, -0.2) is 8.42 Å². The van der Waals surface area contributed by atoms with Gasteiger partial charge in [0.15, 0.2) is 0 Å². The summed E-state index contributed by atoms with van der Waals surface area (Å²) in [6, 6.07) is 16.4. The molecule has 2 atom stereocenters. The number of nitrogens with zero attached hydrogens (tertiary/aromatic N) is 2. The number of hydrogen-bond donors (Lipinski definition) is 0. The maximum Gasteiger partial charge on any atom is 0.243 e. The smallest absolute Gasteiger partial charge is 0.243 e. The summed E-state index contributed by atoms with van der Waals surface area (Å²) in [7, 11) is -3.83. The monoisotopic (exact) mass is 560 g/mol. The lowest BCUT2D eigenvalue weighted by Crippen LogP contribution is -2.49. The Balaban J connectivity index is 1.68. The molecule has 0 saturated carbocycles. The molecular weight excluding hydrogens is 532 g/mol. The zero-order chi connectivity index (χ0) is 24.5. The second-order valence-electron chi connectivity index (χ2n) is 8.71. The molecule has 8 heteroatoms. The Bertz CT molecular complexity index is 1250. The van der Waals surface area contributed by atoms with Gasteiger partial charge in [-0.05, 0) is 73.5 Å². The lowest BCUT2D eigenvalue weighted by molar-refractivity contribution is -0.133. The van der Waals surface area contributed by atoms with Crippen LogP contribution in [0.25, 0.3) is 0 Å². The van der Waals surface area contributed by atoms with Gasteiger partial charge >= 0.3 is 0 Å². The van der Waals surface area contributed by atoms with Crippen molar-refractivity contribution in [1.29, 1.82) is 0 Å². The third-order valence-corrected chi connectivity index (χ3v) is 9.97. The number of benzene rings is 2. The molecule has 0 radical (unpaired) electrons. The van der Waals surface area contributed by atoms with Crippen LogP contribution in [0.1, 0.15) is 47.9 Å². The fourth-order valence-electron chi connectivity index (χ4n) is 4.34. The van der Waals surface area contributed by atoms with Crippen LogP contribution in [0.4, 0.5) is 0 Å². The van der Waals surface area contributed by atoms with Crippen molar-refractivity contribution in [3.63, 3.8) is 0 Å². The highest BCUT2D eigenvalue weighted by Crippen LogP contribution is 2.38. The third-order valence-electron chi connectivity index (χ3n) is 6.47. The van der Waals surface area contributed by atoms with Gasteiger partial charge in [-0.2, -0.15) is 4.31 Å². The van der Waals surface area contributed by atoms with Gasteiger partial charge in [-0.3, -0.25) is 4.79 Å².